The number of carbonyl (C=O) groups is 1. The normalized spacial score (nSPS) is 11.2. The molecule has 28 heavy (non-hydrogen) atoms. The molecular formula is C22H26BrN3O2. The van der Waals surface area contributed by atoms with Crippen LogP contribution >= 0.6 is 15.9 Å². The molecule has 0 saturated heterocycles. The third-order valence-corrected chi connectivity index (χ3v) is 5.19. The van der Waals surface area contributed by atoms with Gasteiger partial charge >= 0.3 is 0 Å². The Kier molecular flexibility index (Phi) is 6.39. The van der Waals surface area contributed by atoms with Crippen LogP contribution < -0.4 is 5.32 Å². The molecular weight excluding hydrogens is 418 g/mol. The van der Waals surface area contributed by atoms with Gasteiger partial charge in [-0.2, -0.15) is 5.10 Å². The number of benzene rings is 1. The van der Waals surface area contributed by atoms with Gasteiger partial charge < -0.3 is 9.73 Å². The van der Waals surface area contributed by atoms with Crippen molar-refractivity contribution in [2.24, 2.45) is 5.92 Å². The van der Waals surface area contributed by atoms with Gasteiger partial charge in [-0.05, 0) is 44.0 Å². The maximum absolute atomic E-state index is 12.4. The topological polar surface area (TPSA) is 60.1 Å². The number of hydrogen-bond acceptors (Lipinski definition) is 3. The molecule has 0 radical (unpaired) electrons. The molecule has 0 atom stereocenters. The first kappa shape index (κ1) is 20.4. The van der Waals surface area contributed by atoms with Crippen molar-refractivity contribution in [1.29, 1.82) is 0 Å². The van der Waals surface area contributed by atoms with E-state index in [0.29, 0.717) is 18.9 Å². The zero-order valence-electron chi connectivity index (χ0n) is 16.8. The zero-order valence-corrected chi connectivity index (χ0v) is 18.3. The Bertz CT molecular complexity index is 955. The van der Waals surface area contributed by atoms with E-state index in [0.717, 1.165) is 45.1 Å². The van der Waals surface area contributed by atoms with E-state index in [2.05, 4.69) is 40.2 Å². The molecule has 6 heteroatoms. The number of halogens is 1. The van der Waals surface area contributed by atoms with Gasteiger partial charge in [0.25, 0.3) is 0 Å². The minimum Gasteiger partial charge on any atom is -0.459 e. The predicted octanol–water partition coefficient (Wildman–Crippen LogP) is 5.04. The van der Waals surface area contributed by atoms with Gasteiger partial charge in [-0.15, -0.1) is 0 Å². The summed E-state index contributed by atoms with van der Waals surface area (Å²) in [6, 6.07) is 11.8. The molecule has 0 bridgehead atoms. The molecule has 3 aromatic rings. The summed E-state index contributed by atoms with van der Waals surface area (Å²) in [6.45, 7) is 9.54. The van der Waals surface area contributed by atoms with Crippen molar-refractivity contribution in [2.45, 2.75) is 47.2 Å². The summed E-state index contributed by atoms with van der Waals surface area (Å²) >= 11 is 3.43. The lowest BCUT2D eigenvalue weighted by atomic mass is 10.1. The molecule has 0 aliphatic heterocycles. The minimum atomic E-state index is -0.0307. The summed E-state index contributed by atoms with van der Waals surface area (Å²) in [5.41, 5.74) is 4.00. The first-order valence-electron chi connectivity index (χ1n) is 9.47. The maximum Gasteiger partial charge on any atom is 0.224 e. The van der Waals surface area contributed by atoms with E-state index in [9.17, 15) is 4.79 Å². The monoisotopic (exact) mass is 443 g/mol. The SMILES string of the molecule is Cc1nn(CC(C)C)c(C)c1CC(=O)NCc1ccc(-c2ccc(Br)cc2)o1. The Hall–Kier alpha value is -2.34. The molecule has 2 aromatic heterocycles. The summed E-state index contributed by atoms with van der Waals surface area (Å²) in [7, 11) is 0. The Morgan fingerprint density at radius 2 is 1.89 bits per heavy atom. The third-order valence-electron chi connectivity index (χ3n) is 4.66. The number of nitrogens with one attached hydrogen (secondary N) is 1. The van der Waals surface area contributed by atoms with Crippen molar-refractivity contribution in [3.05, 3.63) is 63.6 Å². The van der Waals surface area contributed by atoms with Crippen molar-refractivity contribution in [1.82, 2.24) is 15.1 Å². The average Bonchev–Trinajstić information content (AvgIpc) is 3.21. The van der Waals surface area contributed by atoms with Crippen LogP contribution in [0.15, 0.2) is 45.3 Å². The molecule has 1 N–H and O–H groups in total. The van der Waals surface area contributed by atoms with E-state index < -0.39 is 0 Å². The first-order valence-corrected chi connectivity index (χ1v) is 10.3. The highest BCUT2D eigenvalue weighted by atomic mass is 79.9. The number of furan rings is 1. The van der Waals surface area contributed by atoms with Crippen LogP contribution in [0.3, 0.4) is 0 Å². The van der Waals surface area contributed by atoms with E-state index in [4.69, 9.17) is 4.42 Å². The average molecular weight is 444 g/mol. The number of amides is 1. The molecule has 1 amide bonds. The Morgan fingerprint density at radius 3 is 2.57 bits per heavy atom. The summed E-state index contributed by atoms with van der Waals surface area (Å²) in [6.07, 6.45) is 0.329. The van der Waals surface area contributed by atoms with Gasteiger partial charge in [0.15, 0.2) is 0 Å². The Balaban J connectivity index is 1.59. The molecule has 1 aromatic carbocycles. The molecule has 3 rings (SSSR count). The number of rotatable bonds is 7. The van der Waals surface area contributed by atoms with Crippen LogP contribution in [0.5, 0.6) is 0 Å². The number of hydrogen-bond donors (Lipinski definition) is 1. The van der Waals surface area contributed by atoms with Crippen LogP contribution in [0.4, 0.5) is 0 Å². The molecule has 5 nitrogen and oxygen atoms in total. The summed E-state index contributed by atoms with van der Waals surface area (Å²) < 4.78 is 8.88. The van der Waals surface area contributed by atoms with Gasteiger partial charge in [0.2, 0.25) is 5.91 Å². The molecule has 0 aliphatic carbocycles. The molecule has 0 unspecified atom stereocenters. The molecule has 0 spiro atoms. The number of carbonyl (C=O) groups excluding carboxylic acids is 1. The second-order valence-electron chi connectivity index (χ2n) is 7.45. The van der Waals surface area contributed by atoms with Gasteiger partial charge in [0, 0.05) is 27.8 Å². The first-order chi connectivity index (χ1) is 13.3. The largest absolute Gasteiger partial charge is 0.459 e. The standard InChI is InChI=1S/C22H26BrN3O2/c1-14(2)13-26-16(4)20(15(3)25-26)11-22(27)24-12-19-9-10-21(28-19)17-5-7-18(23)8-6-17/h5-10,14H,11-13H2,1-4H3,(H,24,27). The Morgan fingerprint density at radius 1 is 1.18 bits per heavy atom. The minimum absolute atomic E-state index is 0.0307. The van der Waals surface area contributed by atoms with Gasteiger partial charge in [-0.1, -0.05) is 41.9 Å². The van der Waals surface area contributed by atoms with Gasteiger partial charge in [-0.25, -0.2) is 0 Å². The van der Waals surface area contributed by atoms with Crippen LogP contribution in [0.1, 0.15) is 36.6 Å². The van der Waals surface area contributed by atoms with E-state index in [-0.39, 0.29) is 5.91 Å². The van der Waals surface area contributed by atoms with Crippen LogP contribution in [-0.4, -0.2) is 15.7 Å². The van der Waals surface area contributed by atoms with Crippen LogP contribution in [0, 0.1) is 19.8 Å². The van der Waals surface area contributed by atoms with Gasteiger partial charge in [0.1, 0.15) is 11.5 Å². The lowest BCUT2D eigenvalue weighted by Gasteiger charge is -2.08. The zero-order chi connectivity index (χ0) is 20.3. The molecule has 2 heterocycles. The number of nitrogens with zero attached hydrogens (tertiary/aromatic N) is 2. The van der Waals surface area contributed by atoms with E-state index >= 15 is 0 Å². The molecule has 0 fully saturated rings. The van der Waals surface area contributed by atoms with Crippen LogP contribution in [0.2, 0.25) is 0 Å². The predicted molar refractivity (Wildman–Crippen MR) is 114 cm³/mol. The van der Waals surface area contributed by atoms with Crippen LogP contribution in [0.25, 0.3) is 11.3 Å². The molecule has 148 valence electrons. The van der Waals surface area contributed by atoms with Crippen molar-refractivity contribution in [2.75, 3.05) is 0 Å². The highest BCUT2D eigenvalue weighted by molar-refractivity contribution is 9.10. The highest BCUT2D eigenvalue weighted by Gasteiger charge is 2.16. The second-order valence-corrected chi connectivity index (χ2v) is 8.37. The third kappa shape index (κ3) is 4.93. The van der Waals surface area contributed by atoms with Crippen molar-refractivity contribution < 1.29 is 9.21 Å². The van der Waals surface area contributed by atoms with E-state index in [1.807, 2.05) is 54.9 Å². The second kappa shape index (κ2) is 8.78. The van der Waals surface area contributed by atoms with Gasteiger partial charge in [0.05, 0.1) is 18.7 Å². The quantitative estimate of drug-likeness (QED) is 0.556. The lowest BCUT2D eigenvalue weighted by molar-refractivity contribution is -0.120. The summed E-state index contributed by atoms with van der Waals surface area (Å²) in [5.74, 6) is 2.00. The van der Waals surface area contributed by atoms with Gasteiger partial charge in [-0.3, -0.25) is 9.48 Å². The van der Waals surface area contributed by atoms with E-state index in [1.54, 1.807) is 0 Å². The maximum atomic E-state index is 12.4. The van der Waals surface area contributed by atoms with E-state index in [1.165, 1.54) is 0 Å². The fourth-order valence-corrected chi connectivity index (χ4v) is 3.43. The van der Waals surface area contributed by atoms with Crippen LogP contribution in [-0.2, 0) is 24.3 Å². The van der Waals surface area contributed by atoms with Crippen molar-refractivity contribution in [3.63, 3.8) is 0 Å². The smallest absolute Gasteiger partial charge is 0.224 e. The molecule has 0 aliphatic rings. The fraction of sp³-hybridized carbons (Fsp3) is 0.364. The highest BCUT2D eigenvalue weighted by Crippen LogP contribution is 2.24. The number of aromatic nitrogens is 2. The summed E-state index contributed by atoms with van der Waals surface area (Å²) in [5, 5.41) is 7.53. The van der Waals surface area contributed by atoms with Crippen molar-refractivity contribution in [3.8, 4) is 11.3 Å². The Labute approximate surface area is 174 Å². The fourth-order valence-electron chi connectivity index (χ4n) is 3.16. The number of aryl methyl sites for hydroxylation is 1. The summed E-state index contributed by atoms with van der Waals surface area (Å²) in [4.78, 5) is 12.4. The van der Waals surface area contributed by atoms with Crippen molar-refractivity contribution >= 4 is 21.8 Å². The lowest BCUT2D eigenvalue weighted by Crippen LogP contribution is -2.24. The molecule has 0 saturated carbocycles.